The highest BCUT2D eigenvalue weighted by Gasteiger charge is 2.36. The van der Waals surface area contributed by atoms with Gasteiger partial charge in [-0.15, -0.1) is 0 Å². The molecular weight excluding hydrogens is 234 g/mol. The lowest BCUT2D eigenvalue weighted by molar-refractivity contribution is -0.123. The van der Waals surface area contributed by atoms with Gasteiger partial charge < -0.3 is 16.0 Å². The van der Waals surface area contributed by atoms with Crippen LogP contribution >= 0.6 is 12.2 Å². The number of thiocarbonyl (C=S) groups is 1. The highest BCUT2D eigenvalue weighted by atomic mass is 32.1. The van der Waals surface area contributed by atoms with Gasteiger partial charge in [-0.05, 0) is 33.9 Å². The van der Waals surface area contributed by atoms with E-state index in [2.05, 4.69) is 24.3 Å². The molecule has 1 rings (SSSR count). The molecule has 0 bridgehead atoms. The zero-order valence-electron chi connectivity index (χ0n) is 11.0. The van der Waals surface area contributed by atoms with Gasteiger partial charge in [0, 0.05) is 12.1 Å². The van der Waals surface area contributed by atoms with E-state index in [4.69, 9.17) is 18.0 Å². The second-order valence-corrected chi connectivity index (χ2v) is 5.64. The first-order valence-electron chi connectivity index (χ1n) is 6.13. The van der Waals surface area contributed by atoms with Crippen LogP contribution in [0.5, 0.6) is 0 Å². The van der Waals surface area contributed by atoms with Crippen molar-refractivity contribution in [3.8, 4) is 0 Å². The number of hydrogen-bond donors (Lipinski definition) is 2. The van der Waals surface area contributed by atoms with Crippen molar-refractivity contribution in [2.24, 2.45) is 11.7 Å². The van der Waals surface area contributed by atoms with Crippen LogP contribution in [0, 0.1) is 5.92 Å². The number of nitrogens with one attached hydrogen (secondary N) is 1. The molecule has 0 aromatic heterocycles. The van der Waals surface area contributed by atoms with Gasteiger partial charge in [-0.3, -0.25) is 4.79 Å². The predicted octanol–water partition coefficient (Wildman–Crippen LogP) is 0.899. The molecule has 1 aliphatic carbocycles. The van der Waals surface area contributed by atoms with E-state index in [1.54, 1.807) is 6.92 Å². The molecule has 0 radical (unpaired) electrons. The summed E-state index contributed by atoms with van der Waals surface area (Å²) in [7, 11) is 4.16. The molecule has 0 saturated heterocycles. The van der Waals surface area contributed by atoms with E-state index >= 15 is 0 Å². The molecule has 1 aliphatic rings. The van der Waals surface area contributed by atoms with Gasteiger partial charge in [-0.25, -0.2) is 0 Å². The Balaban J connectivity index is 2.53. The average Bonchev–Trinajstić information content (AvgIpc) is 2.74. The lowest BCUT2D eigenvalue weighted by Crippen LogP contribution is -2.52. The summed E-state index contributed by atoms with van der Waals surface area (Å²) in [5.41, 5.74) is 5.59. The molecule has 0 aromatic carbocycles. The summed E-state index contributed by atoms with van der Waals surface area (Å²) in [5.74, 6) is -0.448. The first-order valence-corrected chi connectivity index (χ1v) is 6.54. The minimum Gasteiger partial charge on any atom is -0.393 e. The van der Waals surface area contributed by atoms with E-state index in [0.717, 1.165) is 12.8 Å². The number of nitrogens with zero attached hydrogens (tertiary/aromatic N) is 1. The number of rotatable bonds is 5. The first kappa shape index (κ1) is 14.4. The lowest BCUT2D eigenvalue weighted by atomic mass is 9.95. The zero-order chi connectivity index (χ0) is 13.1. The molecule has 4 nitrogen and oxygen atoms in total. The normalized spacial score (nSPS) is 20.2. The van der Waals surface area contributed by atoms with Crippen LogP contribution in [-0.2, 0) is 4.79 Å². The van der Waals surface area contributed by atoms with Crippen LogP contribution in [0.15, 0.2) is 0 Å². The van der Waals surface area contributed by atoms with Crippen LogP contribution in [0.2, 0.25) is 0 Å². The molecular formula is C12H23N3OS. The van der Waals surface area contributed by atoms with Gasteiger partial charge in [-0.1, -0.05) is 25.1 Å². The molecule has 5 heteroatoms. The van der Waals surface area contributed by atoms with Crippen molar-refractivity contribution in [3.05, 3.63) is 0 Å². The molecule has 0 aromatic rings. The van der Waals surface area contributed by atoms with Crippen molar-refractivity contribution in [2.45, 2.75) is 38.1 Å². The number of nitrogens with two attached hydrogens (primary N) is 1. The Kier molecular flexibility index (Phi) is 4.89. The van der Waals surface area contributed by atoms with E-state index in [9.17, 15) is 4.79 Å². The van der Waals surface area contributed by atoms with Crippen molar-refractivity contribution in [1.29, 1.82) is 0 Å². The monoisotopic (exact) mass is 257 g/mol. The Morgan fingerprint density at radius 2 is 2.00 bits per heavy atom. The number of carbonyl (C=O) groups excluding carboxylic acids is 1. The predicted molar refractivity (Wildman–Crippen MR) is 73.8 cm³/mol. The summed E-state index contributed by atoms with van der Waals surface area (Å²) < 4.78 is 0. The molecule has 1 unspecified atom stereocenters. The quantitative estimate of drug-likeness (QED) is 0.719. The zero-order valence-corrected chi connectivity index (χ0v) is 11.8. The average molecular weight is 257 g/mol. The maximum atomic E-state index is 11.8. The standard InChI is InChI=1S/C12H23N3OS/c1-9(10(13)17)11(16)14-8-12(15(2)3)6-4-5-7-12/h9H,4-8H2,1-3H3,(H2,13,17)(H,14,16). The highest BCUT2D eigenvalue weighted by Crippen LogP contribution is 2.33. The summed E-state index contributed by atoms with van der Waals surface area (Å²) in [4.78, 5) is 14.3. The molecule has 1 amide bonds. The molecule has 0 aliphatic heterocycles. The molecule has 0 spiro atoms. The SMILES string of the molecule is CC(C(=O)NCC1(N(C)C)CCCC1)C(N)=S. The van der Waals surface area contributed by atoms with Crippen molar-refractivity contribution in [2.75, 3.05) is 20.6 Å². The van der Waals surface area contributed by atoms with Crippen molar-refractivity contribution < 1.29 is 4.79 Å². The maximum absolute atomic E-state index is 11.8. The summed E-state index contributed by atoms with van der Waals surface area (Å²) in [6, 6.07) is 0. The Morgan fingerprint density at radius 3 is 2.41 bits per heavy atom. The maximum Gasteiger partial charge on any atom is 0.229 e. The Morgan fingerprint density at radius 1 is 1.47 bits per heavy atom. The number of likely N-dealkylation sites (N-methyl/N-ethyl adjacent to an activating group) is 1. The van der Waals surface area contributed by atoms with Gasteiger partial charge in [0.15, 0.2) is 0 Å². The highest BCUT2D eigenvalue weighted by molar-refractivity contribution is 7.80. The third-order valence-corrected chi connectivity index (χ3v) is 4.25. The van der Waals surface area contributed by atoms with Crippen molar-refractivity contribution in [3.63, 3.8) is 0 Å². The minimum absolute atomic E-state index is 0.0642. The van der Waals surface area contributed by atoms with Crippen LogP contribution in [0.1, 0.15) is 32.6 Å². The topological polar surface area (TPSA) is 58.4 Å². The second kappa shape index (κ2) is 5.78. The summed E-state index contributed by atoms with van der Waals surface area (Å²) >= 11 is 4.83. The fourth-order valence-corrected chi connectivity index (χ4v) is 2.46. The minimum atomic E-state index is -0.384. The molecule has 1 saturated carbocycles. The molecule has 1 fully saturated rings. The number of hydrogen-bond acceptors (Lipinski definition) is 3. The van der Waals surface area contributed by atoms with E-state index in [0.29, 0.717) is 6.54 Å². The van der Waals surface area contributed by atoms with Gasteiger partial charge >= 0.3 is 0 Å². The van der Waals surface area contributed by atoms with Gasteiger partial charge in [0.25, 0.3) is 0 Å². The van der Waals surface area contributed by atoms with Crippen molar-refractivity contribution in [1.82, 2.24) is 10.2 Å². The summed E-state index contributed by atoms with van der Waals surface area (Å²) in [5, 5.41) is 2.98. The summed E-state index contributed by atoms with van der Waals surface area (Å²) in [6.45, 7) is 2.43. The molecule has 3 N–H and O–H groups in total. The van der Waals surface area contributed by atoms with Gasteiger partial charge in [0.1, 0.15) is 0 Å². The lowest BCUT2D eigenvalue weighted by Gasteiger charge is -2.36. The third-order valence-electron chi connectivity index (χ3n) is 3.89. The molecule has 98 valence electrons. The van der Waals surface area contributed by atoms with Crippen molar-refractivity contribution >= 4 is 23.1 Å². The first-order chi connectivity index (χ1) is 7.89. The summed E-state index contributed by atoms with van der Waals surface area (Å²) in [6.07, 6.45) is 4.75. The van der Waals surface area contributed by atoms with Gasteiger partial charge in [-0.2, -0.15) is 0 Å². The fourth-order valence-electron chi connectivity index (χ4n) is 2.35. The Labute approximate surface area is 109 Å². The Bertz CT molecular complexity index is 298. The number of carbonyl (C=O) groups is 1. The van der Waals surface area contributed by atoms with Crippen LogP contribution in [0.4, 0.5) is 0 Å². The molecule has 1 atom stereocenters. The smallest absolute Gasteiger partial charge is 0.229 e. The largest absolute Gasteiger partial charge is 0.393 e. The Hall–Kier alpha value is -0.680. The molecule has 17 heavy (non-hydrogen) atoms. The van der Waals surface area contributed by atoms with Gasteiger partial charge in [0.2, 0.25) is 5.91 Å². The van der Waals surface area contributed by atoms with E-state index < -0.39 is 0 Å². The van der Waals surface area contributed by atoms with E-state index in [-0.39, 0.29) is 22.4 Å². The fraction of sp³-hybridized carbons (Fsp3) is 0.833. The van der Waals surface area contributed by atoms with Crippen LogP contribution < -0.4 is 11.1 Å². The second-order valence-electron chi connectivity index (χ2n) is 5.17. The van der Waals surface area contributed by atoms with E-state index in [1.165, 1.54) is 12.8 Å². The van der Waals surface area contributed by atoms with Gasteiger partial charge in [0.05, 0.1) is 10.9 Å². The third kappa shape index (κ3) is 3.39. The molecule has 0 heterocycles. The van der Waals surface area contributed by atoms with Crippen LogP contribution in [-0.4, -0.2) is 42.0 Å². The van der Waals surface area contributed by atoms with E-state index in [1.807, 2.05) is 0 Å². The number of amides is 1. The van der Waals surface area contributed by atoms with Crippen LogP contribution in [0.3, 0.4) is 0 Å². The van der Waals surface area contributed by atoms with Crippen LogP contribution in [0.25, 0.3) is 0 Å².